The highest BCUT2D eigenvalue weighted by Crippen LogP contribution is 2.28. The molecule has 0 saturated carbocycles. The van der Waals surface area contributed by atoms with Gasteiger partial charge in [-0.05, 0) is 31.2 Å². The van der Waals surface area contributed by atoms with Crippen molar-refractivity contribution in [3.05, 3.63) is 47.4 Å². The number of hydrogen-bond acceptors (Lipinski definition) is 4. The van der Waals surface area contributed by atoms with Gasteiger partial charge in [-0.1, -0.05) is 6.07 Å². The second-order valence-corrected chi connectivity index (χ2v) is 4.48. The monoisotopic (exact) mass is 259 g/mol. The predicted octanol–water partition coefficient (Wildman–Crippen LogP) is 1.91. The number of nitrogen functional groups attached to an aromatic ring is 1. The van der Waals surface area contributed by atoms with E-state index in [1.54, 1.807) is 18.2 Å². The molecule has 0 fully saturated rings. The number of anilines is 2. The van der Waals surface area contributed by atoms with Crippen LogP contribution in [-0.4, -0.2) is 13.0 Å². The molecule has 0 saturated heterocycles. The Balaban J connectivity index is 2.32. The minimum Gasteiger partial charge on any atom is -0.464 e. The summed E-state index contributed by atoms with van der Waals surface area (Å²) >= 11 is 0. The fourth-order valence-electron chi connectivity index (χ4n) is 2.07. The summed E-state index contributed by atoms with van der Waals surface area (Å²) in [4.78, 5) is 13.3. The van der Waals surface area contributed by atoms with Gasteiger partial charge in [-0.3, -0.25) is 4.79 Å². The highest BCUT2D eigenvalue weighted by molar-refractivity contribution is 6.01. The van der Waals surface area contributed by atoms with Gasteiger partial charge in [0.15, 0.2) is 0 Å². The third-order valence-corrected chi connectivity index (χ3v) is 2.90. The standard InChI is InChI=1S/C14H17N3O2/c1-9-6-7-10(19-9)8-17(2)13-11(14(16)18)4-3-5-12(13)15/h3-7H,8,15H2,1-2H3,(H2,16,18). The Morgan fingerprint density at radius 3 is 2.63 bits per heavy atom. The number of rotatable bonds is 4. The highest BCUT2D eigenvalue weighted by Gasteiger charge is 2.16. The van der Waals surface area contributed by atoms with Crippen molar-refractivity contribution in [2.24, 2.45) is 5.73 Å². The third kappa shape index (κ3) is 2.70. The number of furan rings is 1. The summed E-state index contributed by atoms with van der Waals surface area (Å²) in [5.74, 6) is 1.16. The molecule has 19 heavy (non-hydrogen) atoms. The van der Waals surface area contributed by atoms with E-state index in [-0.39, 0.29) is 0 Å². The maximum Gasteiger partial charge on any atom is 0.250 e. The second kappa shape index (κ2) is 5.06. The van der Waals surface area contributed by atoms with Crippen molar-refractivity contribution in [3.63, 3.8) is 0 Å². The first-order valence-electron chi connectivity index (χ1n) is 5.94. The molecule has 1 amide bonds. The van der Waals surface area contributed by atoms with E-state index < -0.39 is 5.91 Å². The summed E-state index contributed by atoms with van der Waals surface area (Å²) in [6.45, 7) is 2.40. The van der Waals surface area contributed by atoms with E-state index in [0.29, 0.717) is 23.5 Å². The largest absolute Gasteiger partial charge is 0.464 e. The van der Waals surface area contributed by atoms with Gasteiger partial charge in [0, 0.05) is 7.05 Å². The van der Waals surface area contributed by atoms with Gasteiger partial charge < -0.3 is 20.8 Å². The van der Waals surface area contributed by atoms with Gasteiger partial charge in [0.05, 0.1) is 23.5 Å². The van der Waals surface area contributed by atoms with Crippen LogP contribution in [0.3, 0.4) is 0 Å². The van der Waals surface area contributed by atoms with Crippen molar-refractivity contribution in [1.29, 1.82) is 0 Å². The van der Waals surface area contributed by atoms with Gasteiger partial charge in [-0.15, -0.1) is 0 Å². The molecule has 0 bridgehead atoms. The van der Waals surface area contributed by atoms with Crippen molar-refractivity contribution in [3.8, 4) is 0 Å². The molecular weight excluding hydrogens is 242 g/mol. The van der Waals surface area contributed by atoms with Gasteiger partial charge in [-0.25, -0.2) is 0 Å². The molecule has 0 aliphatic carbocycles. The molecule has 0 aliphatic heterocycles. The lowest BCUT2D eigenvalue weighted by molar-refractivity contribution is 0.100. The zero-order valence-corrected chi connectivity index (χ0v) is 11.0. The molecule has 100 valence electrons. The Morgan fingerprint density at radius 1 is 1.32 bits per heavy atom. The summed E-state index contributed by atoms with van der Waals surface area (Å²) in [5, 5.41) is 0. The number of carbonyl (C=O) groups is 1. The van der Waals surface area contributed by atoms with E-state index in [9.17, 15) is 4.79 Å². The number of nitrogens with two attached hydrogens (primary N) is 2. The van der Waals surface area contributed by atoms with Crippen LogP contribution in [-0.2, 0) is 6.54 Å². The van der Waals surface area contributed by atoms with Gasteiger partial charge in [-0.2, -0.15) is 0 Å². The minimum absolute atomic E-state index is 0.408. The maximum absolute atomic E-state index is 11.5. The van der Waals surface area contributed by atoms with E-state index in [4.69, 9.17) is 15.9 Å². The second-order valence-electron chi connectivity index (χ2n) is 4.48. The van der Waals surface area contributed by atoms with Crippen LogP contribution in [0.4, 0.5) is 11.4 Å². The molecule has 2 rings (SSSR count). The first-order chi connectivity index (χ1) is 8.99. The molecule has 0 radical (unpaired) electrons. The topological polar surface area (TPSA) is 85.5 Å². The first-order valence-corrected chi connectivity index (χ1v) is 5.94. The summed E-state index contributed by atoms with van der Waals surface area (Å²) in [6, 6.07) is 8.91. The summed E-state index contributed by atoms with van der Waals surface area (Å²) < 4.78 is 5.52. The van der Waals surface area contributed by atoms with Crippen molar-refractivity contribution in [2.45, 2.75) is 13.5 Å². The third-order valence-electron chi connectivity index (χ3n) is 2.90. The first kappa shape index (κ1) is 13.0. The van der Waals surface area contributed by atoms with Crippen molar-refractivity contribution < 1.29 is 9.21 Å². The lowest BCUT2D eigenvalue weighted by Gasteiger charge is -2.22. The highest BCUT2D eigenvalue weighted by atomic mass is 16.3. The van der Waals surface area contributed by atoms with Gasteiger partial charge in [0.1, 0.15) is 11.5 Å². The van der Waals surface area contributed by atoms with E-state index in [1.807, 2.05) is 31.0 Å². The number of hydrogen-bond donors (Lipinski definition) is 2. The normalized spacial score (nSPS) is 10.4. The molecule has 4 N–H and O–H groups in total. The number of benzene rings is 1. The number of amides is 1. The van der Waals surface area contributed by atoms with E-state index in [2.05, 4.69) is 0 Å². The Labute approximate surface area is 111 Å². The lowest BCUT2D eigenvalue weighted by Crippen LogP contribution is -2.23. The zero-order chi connectivity index (χ0) is 14.0. The number of aryl methyl sites for hydroxylation is 1. The van der Waals surface area contributed by atoms with Crippen LogP contribution in [0.2, 0.25) is 0 Å². The zero-order valence-electron chi connectivity index (χ0n) is 11.0. The summed E-state index contributed by atoms with van der Waals surface area (Å²) in [6.07, 6.45) is 0. The van der Waals surface area contributed by atoms with Crippen LogP contribution in [0.15, 0.2) is 34.7 Å². The molecule has 1 aromatic heterocycles. The fourth-order valence-corrected chi connectivity index (χ4v) is 2.07. The number of para-hydroxylation sites is 1. The Morgan fingerprint density at radius 2 is 2.05 bits per heavy atom. The van der Waals surface area contributed by atoms with Crippen LogP contribution in [0, 0.1) is 6.92 Å². The number of carbonyl (C=O) groups excluding carboxylic acids is 1. The molecular formula is C14H17N3O2. The molecule has 1 heterocycles. The minimum atomic E-state index is -0.496. The lowest BCUT2D eigenvalue weighted by atomic mass is 10.1. The van der Waals surface area contributed by atoms with Crippen LogP contribution < -0.4 is 16.4 Å². The molecule has 0 spiro atoms. The van der Waals surface area contributed by atoms with Crippen molar-refractivity contribution >= 4 is 17.3 Å². The molecule has 5 nitrogen and oxygen atoms in total. The van der Waals surface area contributed by atoms with Gasteiger partial charge in [0.2, 0.25) is 0 Å². The predicted molar refractivity (Wildman–Crippen MR) is 74.9 cm³/mol. The van der Waals surface area contributed by atoms with Crippen molar-refractivity contribution in [1.82, 2.24) is 0 Å². The molecule has 1 aromatic carbocycles. The fraction of sp³-hybridized carbons (Fsp3) is 0.214. The summed E-state index contributed by atoms with van der Waals surface area (Å²) in [7, 11) is 1.84. The van der Waals surface area contributed by atoms with E-state index in [1.165, 1.54) is 0 Å². The van der Waals surface area contributed by atoms with E-state index in [0.717, 1.165) is 11.5 Å². The van der Waals surface area contributed by atoms with Crippen LogP contribution in [0.25, 0.3) is 0 Å². The summed E-state index contributed by atoms with van der Waals surface area (Å²) in [5.41, 5.74) is 12.9. The number of primary amides is 1. The molecule has 0 atom stereocenters. The van der Waals surface area contributed by atoms with Crippen molar-refractivity contribution in [2.75, 3.05) is 17.7 Å². The molecule has 0 aliphatic rings. The Bertz CT molecular complexity index is 604. The van der Waals surface area contributed by atoms with Gasteiger partial charge in [0.25, 0.3) is 5.91 Å². The van der Waals surface area contributed by atoms with Crippen LogP contribution in [0.1, 0.15) is 21.9 Å². The molecule has 5 heteroatoms. The molecule has 0 unspecified atom stereocenters. The Hall–Kier alpha value is -2.43. The smallest absolute Gasteiger partial charge is 0.250 e. The Kier molecular flexibility index (Phi) is 3.46. The van der Waals surface area contributed by atoms with Crippen LogP contribution >= 0.6 is 0 Å². The molecule has 2 aromatic rings. The average molecular weight is 259 g/mol. The van der Waals surface area contributed by atoms with E-state index >= 15 is 0 Å². The van der Waals surface area contributed by atoms with Gasteiger partial charge >= 0.3 is 0 Å². The average Bonchev–Trinajstić information content (AvgIpc) is 2.74. The van der Waals surface area contributed by atoms with Crippen LogP contribution in [0.5, 0.6) is 0 Å². The SMILES string of the molecule is Cc1ccc(CN(C)c2c(N)cccc2C(N)=O)o1. The quantitative estimate of drug-likeness (QED) is 0.821. The maximum atomic E-state index is 11.5. The number of nitrogens with zero attached hydrogens (tertiary/aromatic N) is 1.